The zero-order valence-electron chi connectivity index (χ0n) is 13.2. The summed E-state index contributed by atoms with van der Waals surface area (Å²) in [5, 5.41) is 17.1. The minimum absolute atomic E-state index is 0.0897. The van der Waals surface area contributed by atoms with Gasteiger partial charge in [-0.15, -0.1) is 0 Å². The van der Waals surface area contributed by atoms with Gasteiger partial charge in [-0.25, -0.2) is 0 Å². The highest BCUT2D eigenvalue weighted by atomic mass is 16.6. The van der Waals surface area contributed by atoms with Crippen LogP contribution in [0, 0.1) is 17.0 Å². The Kier molecular flexibility index (Phi) is 5.68. The summed E-state index contributed by atoms with van der Waals surface area (Å²) in [5.41, 5.74) is 3.31. The molecule has 0 spiro atoms. The lowest BCUT2D eigenvalue weighted by molar-refractivity contribution is -0.384. The molecule has 0 unspecified atom stereocenters. The van der Waals surface area contributed by atoms with Crippen LogP contribution in [-0.4, -0.2) is 17.9 Å². The van der Waals surface area contributed by atoms with Crippen LogP contribution < -0.4 is 10.6 Å². The summed E-state index contributed by atoms with van der Waals surface area (Å²) >= 11 is 0. The van der Waals surface area contributed by atoms with Crippen molar-refractivity contribution in [1.29, 1.82) is 0 Å². The summed E-state index contributed by atoms with van der Waals surface area (Å²) in [7, 11) is 1.69. The quantitative estimate of drug-likeness (QED) is 0.385. The van der Waals surface area contributed by atoms with E-state index in [0.717, 1.165) is 11.1 Å². The topological polar surface area (TPSA) is 79.6 Å². The summed E-state index contributed by atoms with van der Waals surface area (Å²) in [6, 6.07) is 14.8. The van der Waals surface area contributed by atoms with E-state index in [2.05, 4.69) is 46.8 Å². The molecule has 0 saturated heterocycles. The lowest BCUT2D eigenvalue weighted by Crippen LogP contribution is -2.36. The normalized spacial score (nSPS) is 11.1. The van der Waals surface area contributed by atoms with Crippen LogP contribution in [0.4, 0.5) is 5.69 Å². The molecule has 0 bridgehead atoms. The molecule has 0 aliphatic heterocycles. The number of hydrogen-bond donors (Lipinski definition) is 2. The van der Waals surface area contributed by atoms with Gasteiger partial charge in [0, 0.05) is 32.3 Å². The number of guanidine groups is 1. The van der Waals surface area contributed by atoms with Gasteiger partial charge in [0.1, 0.15) is 0 Å². The molecule has 0 aliphatic rings. The van der Waals surface area contributed by atoms with Crippen molar-refractivity contribution in [1.82, 2.24) is 10.6 Å². The van der Waals surface area contributed by atoms with Crippen LogP contribution in [0.15, 0.2) is 53.5 Å². The highest BCUT2D eigenvalue weighted by molar-refractivity contribution is 5.79. The van der Waals surface area contributed by atoms with Gasteiger partial charge in [0.25, 0.3) is 5.69 Å². The maximum absolute atomic E-state index is 10.8. The largest absolute Gasteiger partial charge is 0.352 e. The summed E-state index contributed by atoms with van der Waals surface area (Å²) in [4.78, 5) is 14.5. The van der Waals surface area contributed by atoms with E-state index < -0.39 is 4.92 Å². The monoisotopic (exact) mass is 312 g/mol. The van der Waals surface area contributed by atoms with E-state index in [-0.39, 0.29) is 5.69 Å². The summed E-state index contributed by atoms with van der Waals surface area (Å²) < 4.78 is 0. The molecule has 0 atom stereocenters. The van der Waals surface area contributed by atoms with E-state index in [1.165, 1.54) is 11.6 Å². The van der Waals surface area contributed by atoms with Crippen LogP contribution >= 0.6 is 0 Å². The number of nitro groups is 1. The minimum atomic E-state index is -0.395. The third kappa shape index (κ3) is 5.10. The Labute approximate surface area is 135 Å². The molecular formula is C17H20N4O2. The molecule has 0 aromatic heterocycles. The van der Waals surface area contributed by atoms with E-state index in [4.69, 9.17) is 0 Å². The first-order chi connectivity index (χ1) is 11.1. The van der Waals surface area contributed by atoms with Crippen molar-refractivity contribution in [2.45, 2.75) is 20.0 Å². The van der Waals surface area contributed by atoms with Gasteiger partial charge in [0.15, 0.2) is 5.96 Å². The van der Waals surface area contributed by atoms with Crippen molar-refractivity contribution in [2.24, 2.45) is 4.99 Å². The van der Waals surface area contributed by atoms with Gasteiger partial charge >= 0.3 is 0 Å². The molecule has 0 fully saturated rings. The van der Waals surface area contributed by atoms with Crippen molar-refractivity contribution in [3.05, 3.63) is 75.3 Å². The van der Waals surface area contributed by atoms with Gasteiger partial charge in [-0.2, -0.15) is 0 Å². The number of hydrogen-bond acceptors (Lipinski definition) is 3. The number of benzene rings is 2. The van der Waals surface area contributed by atoms with Crippen molar-refractivity contribution < 1.29 is 4.92 Å². The maximum Gasteiger partial charge on any atom is 0.269 e. The molecule has 2 aromatic rings. The lowest BCUT2D eigenvalue weighted by Gasteiger charge is -2.12. The third-order valence-electron chi connectivity index (χ3n) is 3.39. The average Bonchev–Trinajstić information content (AvgIpc) is 2.57. The van der Waals surface area contributed by atoms with Gasteiger partial charge in [-0.1, -0.05) is 42.0 Å². The zero-order chi connectivity index (χ0) is 16.7. The van der Waals surface area contributed by atoms with E-state index >= 15 is 0 Å². The highest BCUT2D eigenvalue weighted by Gasteiger charge is 2.06. The molecule has 2 aromatic carbocycles. The van der Waals surface area contributed by atoms with Gasteiger partial charge in [0.05, 0.1) is 4.92 Å². The predicted octanol–water partition coefficient (Wildman–Crippen LogP) is 2.77. The number of rotatable bonds is 5. The molecule has 120 valence electrons. The Bertz CT molecular complexity index is 696. The predicted molar refractivity (Wildman–Crippen MR) is 91.3 cm³/mol. The molecule has 0 saturated carbocycles. The van der Waals surface area contributed by atoms with Gasteiger partial charge < -0.3 is 10.6 Å². The van der Waals surface area contributed by atoms with Crippen molar-refractivity contribution in [2.75, 3.05) is 7.05 Å². The molecule has 6 heteroatoms. The molecule has 0 heterocycles. The van der Waals surface area contributed by atoms with Crippen LogP contribution in [0.1, 0.15) is 16.7 Å². The molecule has 23 heavy (non-hydrogen) atoms. The summed E-state index contributed by atoms with van der Waals surface area (Å²) in [6.45, 7) is 3.18. The maximum atomic E-state index is 10.8. The van der Waals surface area contributed by atoms with Crippen LogP contribution in [0.3, 0.4) is 0 Å². The van der Waals surface area contributed by atoms with E-state index in [1.54, 1.807) is 19.2 Å². The number of nitrogens with zero attached hydrogens (tertiary/aromatic N) is 2. The second-order valence-electron chi connectivity index (χ2n) is 5.19. The van der Waals surface area contributed by atoms with Crippen LogP contribution in [0.2, 0.25) is 0 Å². The second kappa shape index (κ2) is 7.93. The lowest BCUT2D eigenvalue weighted by atomic mass is 10.1. The first kappa shape index (κ1) is 16.5. The molecule has 6 nitrogen and oxygen atoms in total. The molecule has 2 N–H and O–H groups in total. The summed E-state index contributed by atoms with van der Waals surface area (Å²) in [5.74, 6) is 0.650. The first-order valence-electron chi connectivity index (χ1n) is 7.32. The van der Waals surface area contributed by atoms with E-state index in [1.807, 2.05) is 6.07 Å². The Morgan fingerprint density at radius 2 is 1.74 bits per heavy atom. The second-order valence-corrected chi connectivity index (χ2v) is 5.19. The fraction of sp³-hybridized carbons (Fsp3) is 0.235. The smallest absolute Gasteiger partial charge is 0.269 e. The van der Waals surface area contributed by atoms with Crippen LogP contribution in [0.25, 0.3) is 0 Å². The zero-order valence-corrected chi connectivity index (χ0v) is 13.2. The fourth-order valence-corrected chi connectivity index (χ4v) is 2.08. The Morgan fingerprint density at radius 1 is 1.09 bits per heavy atom. The van der Waals surface area contributed by atoms with E-state index in [0.29, 0.717) is 19.0 Å². The van der Waals surface area contributed by atoms with Crippen LogP contribution in [0.5, 0.6) is 0 Å². The standard InChI is InChI=1S/C17H20N4O2/c1-13-6-8-14(9-7-13)11-19-17(18-2)20-12-15-4-3-5-16(10-15)21(22)23/h3-10H,11-12H2,1-2H3,(H2,18,19,20). The number of non-ortho nitro benzene ring substituents is 1. The molecule has 0 radical (unpaired) electrons. The molecule has 0 aliphatic carbocycles. The van der Waals surface area contributed by atoms with Crippen molar-refractivity contribution in [3.8, 4) is 0 Å². The molecular weight excluding hydrogens is 292 g/mol. The van der Waals surface area contributed by atoms with Crippen molar-refractivity contribution in [3.63, 3.8) is 0 Å². The van der Waals surface area contributed by atoms with Crippen molar-refractivity contribution >= 4 is 11.6 Å². The van der Waals surface area contributed by atoms with Gasteiger partial charge in [0.2, 0.25) is 0 Å². The minimum Gasteiger partial charge on any atom is -0.352 e. The number of aliphatic imine (C=N–C) groups is 1. The van der Waals surface area contributed by atoms with E-state index in [9.17, 15) is 10.1 Å². The highest BCUT2D eigenvalue weighted by Crippen LogP contribution is 2.12. The first-order valence-corrected chi connectivity index (χ1v) is 7.32. The Morgan fingerprint density at radius 3 is 2.35 bits per heavy atom. The number of aryl methyl sites for hydroxylation is 1. The summed E-state index contributed by atoms with van der Waals surface area (Å²) in [6.07, 6.45) is 0. The Balaban J connectivity index is 1.89. The van der Waals surface area contributed by atoms with Gasteiger partial charge in [-0.3, -0.25) is 15.1 Å². The number of nitro benzene ring substituents is 1. The van der Waals surface area contributed by atoms with Gasteiger partial charge in [-0.05, 0) is 18.1 Å². The number of nitrogens with one attached hydrogen (secondary N) is 2. The fourth-order valence-electron chi connectivity index (χ4n) is 2.08. The average molecular weight is 312 g/mol. The SMILES string of the molecule is CN=C(NCc1ccc(C)cc1)NCc1cccc([N+](=O)[O-])c1. The van der Waals surface area contributed by atoms with Crippen LogP contribution in [-0.2, 0) is 13.1 Å². The molecule has 0 amide bonds. The Hall–Kier alpha value is -2.89. The molecule has 2 rings (SSSR count). The third-order valence-corrected chi connectivity index (χ3v) is 3.39.